The number of hydrogen-bond acceptors (Lipinski definition) is 4. The van der Waals surface area contributed by atoms with Crippen molar-refractivity contribution in [3.8, 4) is 11.5 Å². The number of hydrogen-bond donors (Lipinski definition) is 0. The van der Waals surface area contributed by atoms with Crippen LogP contribution in [-0.4, -0.2) is 25.8 Å². The van der Waals surface area contributed by atoms with Crippen molar-refractivity contribution in [2.75, 3.05) is 14.2 Å². The summed E-state index contributed by atoms with van der Waals surface area (Å²) in [6.07, 6.45) is 3.29. The summed E-state index contributed by atoms with van der Waals surface area (Å²) in [4.78, 5) is 26.5. The molecule has 160 valence electrons. The third-order valence-electron chi connectivity index (χ3n) is 5.38. The SMILES string of the molecule is COc1ccc(C=CC(=O)C2=C(c3ccccc3)c3cc(Br)ccc3CC2=O)c(OC)c1. The molecule has 3 aromatic carbocycles. The van der Waals surface area contributed by atoms with E-state index in [4.69, 9.17) is 9.47 Å². The maximum absolute atomic E-state index is 13.3. The van der Waals surface area contributed by atoms with Crippen molar-refractivity contribution >= 4 is 39.1 Å². The summed E-state index contributed by atoms with van der Waals surface area (Å²) in [5.41, 5.74) is 4.21. The predicted molar refractivity (Wildman–Crippen MR) is 129 cm³/mol. The van der Waals surface area contributed by atoms with Crippen molar-refractivity contribution < 1.29 is 19.1 Å². The molecule has 0 N–H and O–H groups in total. The van der Waals surface area contributed by atoms with Gasteiger partial charge in [-0.2, -0.15) is 0 Å². The van der Waals surface area contributed by atoms with Crippen LogP contribution in [0.3, 0.4) is 0 Å². The largest absolute Gasteiger partial charge is 0.497 e. The second kappa shape index (κ2) is 9.37. The van der Waals surface area contributed by atoms with Gasteiger partial charge >= 0.3 is 0 Å². The lowest BCUT2D eigenvalue weighted by atomic mass is 9.80. The summed E-state index contributed by atoms with van der Waals surface area (Å²) in [6.45, 7) is 0. The molecule has 0 spiro atoms. The smallest absolute Gasteiger partial charge is 0.190 e. The molecular weight excluding hydrogens is 468 g/mol. The van der Waals surface area contributed by atoms with E-state index in [0.29, 0.717) is 17.1 Å². The average molecular weight is 489 g/mol. The van der Waals surface area contributed by atoms with E-state index < -0.39 is 0 Å². The zero-order chi connectivity index (χ0) is 22.7. The Morgan fingerprint density at radius 1 is 0.969 bits per heavy atom. The Kier molecular flexibility index (Phi) is 6.37. The minimum atomic E-state index is -0.336. The first kappa shape index (κ1) is 21.8. The van der Waals surface area contributed by atoms with Crippen molar-refractivity contribution in [2.45, 2.75) is 6.42 Å². The standard InChI is InChI=1S/C27H21BrO4/c1-31-21-12-9-17(25(16-21)32-2)10-13-23(29)27-24(30)14-19-8-11-20(28)15-22(19)26(27)18-6-4-3-5-7-18/h3-13,15-16H,14H2,1-2H3. The maximum atomic E-state index is 13.3. The highest BCUT2D eigenvalue weighted by molar-refractivity contribution is 9.10. The van der Waals surface area contributed by atoms with Crippen LogP contribution in [0.2, 0.25) is 0 Å². The number of benzene rings is 3. The number of halogens is 1. The fourth-order valence-corrected chi connectivity index (χ4v) is 4.20. The summed E-state index contributed by atoms with van der Waals surface area (Å²) >= 11 is 3.52. The summed E-state index contributed by atoms with van der Waals surface area (Å²) in [7, 11) is 3.14. The van der Waals surface area contributed by atoms with Crippen LogP contribution in [0.25, 0.3) is 11.6 Å². The van der Waals surface area contributed by atoms with E-state index in [1.807, 2.05) is 54.6 Å². The quantitative estimate of drug-likeness (QED) is 0.331. The van der Waals surface area contributed by atoms with E-state index in [1.165, 1.54) is 6.08 Å². The molecule has 5 heteroatoms. The van der Waals surface area contributed by atoms with Crippen LogP contribution >= 0.6 is 15.9 Å². The Balaban J connectivity index is 1.83. The fraction of sp³-hybridized carbons (Fsp3) is 0.111. The van der Waals surface area contributed by atoms with Gasteiger partial charge in [-0.05, 0) is 53.1 Å². The number of allylic oxidation sites excluding steroid dienone is 2. The highest BCUT2D eigenvalue weighted by Crippen LogP contribution is 2.37. The topological polar surface area (TPSA) is 52.6 Å². The predicted octanol–water partition coefficient (Wildman–Crippen LogP) is 5.68. The first-order chi connectivity index (χ1) is 15.5. The molecule has 0 aromatic heterocycles. The zero-order valence-corrected chi connectivity index (χ0v) is 19.3. The summed E-state index contributed by atoms with van der Waals surface area (Å²) in [5, 5.41) is 0. The van der Waals surface area contributed by atoms with Crippen molar-refractivity contribution in [3.05, 3.63) is 105 Å². The minimum Gasteiger partial charge on any atom is -0.497 e. The van der Waals surface area contributed by atoms with Gasteiger partial charge in [0.05, 0.1) is 19.8 Å². The van der Waals surface area contributed by atoms with Gasteiger partial charge in [-0.15, -0.1) is 0 Å². The number of fused-ring (bicyclic) bond motifs is 1. The van der Waals surface area contributed by atoms with E-state index >= 15 is 0 Å². The van der Waals surface area contributed by atoms with E-state index in [2.05, 4.69) is 15.9 Å². The second-order valence-electron chi connectivity index (χ2n) is 7.32. The second-order valence-corrected chi connectivity index (χ2v) is 8.24. The van der Waals surface area contributed by atoms with Crippen LogP contribution in [-0.2, 0) is 16.0 Å². The number of carbonyl (C=O) groups is 2. The molecule has 0 bridgehead atoms. The van der Waals surface area contributed by atoms with Gasteiger partial charge in [0.2, 0.25) is 0 Å². The fourth-order valence-electron chi connectivity index (χ4n) is 3.84. The van der Waals surface area contributed by atoms with Gasteiger partial charge in [0, 0.05) is 28.1 Å². The van der Waals surface area contributed by atoms with Crippen LogP contribution < -0.4 is 9.47 Å². The first-order valence-corrected chi connectivity index (χ1v) is 10.9. The number of Topliss-reactive ketones (excluding diaryl/α,β-unsaturated/α-hetero) is 1. The lowest BCUT2D eigenvalue weighted by Gasteiger charge is -2.22. The number of ketones is 2. The Morgan fingerprint density at radius 2 is 1.75 bits per heavy atom. The molecule has 0 heterocycles. The van der Waals surface area contributed by atoms with Gasteiger partial charge in [-0.3, -0.25) is 9.59 Å². The Bertz CT molecular complexity index is 1260. The van der Waals surface area contributed by atoms with E-state index in [0.717, 1.165) is 26.7 Å². The molecule has 0 radical (unpaired) electrons. The van der Waals surface area contributed by atoms with E-state index in [1.54, 1.807) is 32.4 Å². The van der Waals surface area contributed by atoms with Crippen LogP contribution in [0, 0.1) is 0 Å². The molecule has 0 fully saturated rings. The minimum absolute atomic E-state index is 0.185. The lowest BCUT2D eigenvalue weighted by molar-refractivity contribution is -0.119. The number of carbonyl (C=O) groups excluding carboxylic acids is 2. The Hall–Kier alpha value is -3.44. The molecule has 0 atom stereocenters. The van der Waals surface area contributed by atoms with Gasteiger partial charge in [-0.1, -0.05) is 52.3 Å². The van der Waals surface area contributed by atoms with E-state index in [9.17, 15) is 9.59 Å². The van der Waals surface area contributed by atoms with Crippen molar-refractivity contribution in [1.82, 2.24) is 0 Å². The summed E-state index contributed by atoms with van der Waals surface area (Å²) < 4.78 is 11.5. The Morgan fingerprint density at radius 3 is 2.47 bits per heavy atom. The molecular formula is C27H21BrO4. The third-order valence-corrected chi connectivity index (χ3v) is 5.88. The zero-order valence-electron chi connectivity index (χ0n) is 17.7. The van der Waals surface area contributed by atoms with Gasteiger partial charge < -0.3 is 9.47 Å². The van der Waals surface area contributed by atoms with Crippen molar-refractivity contribution in [1.29, 1.82) is 0 Å². The monoisotopic (exact) mass is 488 g/mol. The maximum Gasteiger partial charge on any atom is 0.190 e. The summed E-state index contributed by atoms with van der Waals surface area (Å²) in [6, 6.07) is 20.7. The molecule has 0 saturated carbocycles. The molecule has 3 aromatic rings. The van der Waals surface area contributed by atoms with Crippen molar-refractivity contribution in [2.24, 2.45) is 0 Å². The lowest BCUT2D eigenvalue weighted by Crippen LogP contribution is -2.21. The van der Waals surface area contributed by atoms with Crippen LogP contribution in [0.4, 0.5) is 0 Å². The van der Waals surface area contributed by atoms with Gasteiger partial charge in [0.25, 0.3) is 0 Å². The highest BCUT2D eigenvalue weighted by atomic mass is 79.9. The third kappa shape index (κ3) is 4.30. The number of rotatable bonds is 6. The number of ether oxygens (including phenoxy) is 2. The molecule has 1 aliphatic carbocycles. The molecule has 0 saturated heterocycles. The first-order valence-electron chi connectivity index (χ1n) is 10.1. The average Bonchev–Trinajstić information content (AvgIpc) is 2.82. The molecule has 4 nitrogen and oxygen atoms in total. The Labute approximate surface area is 195 Å². The van der Waals surface area contributed by atoms with Crippen LogP contribution in [0.15, 0.2) is 82.9 Å². The summed E-state index contributed by atoms with van der Waals surface area (Å²) in [5.74, 6) is 0.714. The molecule has 1 aliphatic rings. The van der Waals surface area contributed by atoms with Crippen LogP contribution in [0.5, 0.6) is 11.5 Å². The normalized spacial score (nSPS) is 13.3. The van der Waals surface area contributed by atoms with Crippen molar-refractivity contribution in [3.63, 3.8) is 0 Å². The molecule has 32 heavy (non-hydrogen) atoms. The van der Waals surface area contributed by atoms with Crippen LogP contribution in [0.1, 0.15) is 22.3 Å². The van der Waals surface area contributed by atoms with Gasteiger partial charge in [0.1, 0.15) is 11.5 Å². The molecule has 0 aliphatic heterocycles. The molecule has 0 unspecified atom stereocenters. The molecule has 0 amide bonds. The van der Waals surface area contributed by atoms with Gasteiger partial charge in [0.15, 0.2) is 11.6 Å². The highest BCUT2D eigenvalue weighted by Gasteiger charge is 2.30. The molecule has 4 rings (SSSR count). The van der Waals surface area contributed by atoms with E-state index in [-0.39, 0.29) is 23.6 Å². The number of methoxy groups -OCH3 is 2. The van der Waals surface area contributed by atoms with Gasteiger partial charge in [-0.25, -0.2) is 0 Å².